The van der Waals surface area contributed by atoms with E-state index in [4.69, 9.17) is 10.5 Å². The number of rotatable bonds is 1. The zero-order chi connectivity index (χ0) is 14.1. The molecule has 0 spiro atoms. The van der Waals surface area contributed by atoms with Gasteiger partial charge in [-0.3, -0.25) is 4.79 Å². The zero-order valence-electron chi connectivity index (χ0n) is 10.7. The van der Waals surface area contributed by atoms with Crippen molar-refractivity contribution in [3.05, 3.63) is 53.8 Å². The van der Waals surface area contributed by atoms with Gasteiger partial charge < -0.3 is 15.4 Å². The van der Waals surface area contributed by atoms with Crippen LogP contribution < -0.4 is 15.4 Å². The molecule has 0 aromatic heterocycles. The third-order valence-corrected chi connectivity index (χ3v) is 3.16. The molecule has 1 amide bonds. The van der Waals surface area contributed by atoms with Gasteiger partial charge in [0.05, 0.1) is 12.2 Å². The molecule has 5 heteroatoms. The van der Waals surface area contributed by atoms with Gasteiger partial charge in [-0.25, -0.2) is 4.39 Å². The van der Waals surface area contributed by atoms with E-state index in [1.54, 1.807) is 29.2 Å². The molecule has 1 heterocycles. The molecular weight excluding hydrogens is 259 g/mol. The third kappa shape index (κ3) is 2.18. The van der Waals surface area contributed by atoms with Crippen molar-refractivity contribution in [2.75, 3.05) is 23.8 Å². The van der Waals surface area contributed by atoms with Crippen LogP contribution in [0.25, 0.3) is 0 Å². The van der Waals surface area contributed by atoms with Crippen molar-refractivity contribution >= 4 is 17.3 Å². The van der Waals surface area contributed by atoms with Gasteiger partial charge in [0.2, 0.25) is 0 Å². The molecular formula is C15H13FN2O2. The van der Waals surface area contributed by atoms with Crippen molar-refractivity contribution in [3.63, 3.8) is 0 Å². The van der Waals surface area contributed by atoms with Crippen LogP contribution in [0.15, 0.2) is 42.5 Å². The van der Waals surface area contributed by atoms with Gasteiger partial charge in [0.1, 0.15) is 18.2 Å². The Hall–Kier alpha value is -2.56. The summed E-state index contributed by atoms with van der Waals surface area (Å²) in [5.74, 6) is -0.110. The van der Waals surface area contributed by atoms with Gasteiger partial charge >= 0.3 is 0 Å². The molecule has 3 rings (SSSR count). The summed E-state index contributed by atoms with van der Waals surface area (Å²) in [6.07, 6.45) is 0. The van der Waals surface area contributed by atoms with Crippen LogP contribution in [0.1, 0.15) is 10.4 Å². The van der Waals surface area contributed by atoms with E-state index in [1.165, 1.54) is 18.2 Å². The minimum atomic E-state index is -0.429. The number of fused-ring (bicyclic) bond motifs is 1. The molecule has 0 fully saturated rings. The van der Waals surface area contributed by atoms with E-state index in [-0.39, 0.29) is 5.91 Å². The monoisotopic (exact) mass is 272 g/mol. The number of amides is 1. The van der Waals surface area contributed by atoms with Crippen molar-refractivity contribution in [1.29, 1.82) is 0 Å². The van der Waals surface area contributed by atoms with Crippen LogP contribution >= 0.6 is 0 Å². The van der Waals surface area contributed by atoms with Gasteiger partial charge in [-0.1, -0.05) is 6.07 Å². The third-order valence-electron chi connectivity index (χ3n) is 3.16. The smallest absolute Gasteiger partial charge is 0.258 e. The van der Waals surface area contributed by atoms with Gasteiger partial charge in [-0.2, -0.15) is 0 Å². The molecule has 2 N–H and O–H groups in total. The minimum Gasteiger partial charge on any atom is -0.489 e. The highest BCUT2D eigenvalue weighted by Gasteiger charge is 2.24. The number of hydrogen-bond donors (Lipinski definition) is 1. The van der Waals surface area contributed by atoms with E-state index in [0.717, 1.165) is 0 Å². The van der Waals surface area contributed by atoms with E-state index in [0.29, 0.717) is 35.8 Å². The summed E-state index contributed by atoms with van der Waals surface area (Å²) in [6, 6.07) is 10.8. The number of benzene rings is 2. The largest absolute Gasteiger partial charge is 0.489 e. The van der Waals surface area contributed by atoms with Crippen LogP contribution in [0.2, 0.25) is 0 Å². The fraction of sp³-hybridized carbons (Fsp3) is 0.133. The van der Waals surface area contributed by atoms with Gasteiger partial charge in [-0.05, 0) is 30.3 Å². The normalized spacial score (nSPS) is 13.6. The van der Waals surface area contributed by atoms with Gasteiger partial charge in [-0.15, -0.1) is 0 Å². The van der Waals surface area contributed by atoms with Crippen molar-refractivity contribution in [2.24, 2.45) is 0 Å². The summed E-state index contributed by atoms with van der Waals surface area (Å²) in [5.41, 5.74) is 7.24. The highest BCUT2D eigenvalue weighted by molar-refractivity contribution is 6.07. The van der Waals surface area contributed by atoms with Crippen LogP contribution in [0, 0.1) is 5.82 Å². The Morgan fingerprint density at radius 1 is 1.25 bits per heavy atom. The van der Waals surface area contributed by atoms with Crippen molar-refractivity contribution < 1.29 is 13.9 Å². The van der Waals surface area contributed by atoms with Crippen molar-refractivity contribution in [3.8, 4) is 5.75 Å². The summed E-state index contributed by atoms with van der Waals surface area (Å²) in [5, 5.41) is 0. The number of nitrogens with two attached hydrogens (primary N) is 1. The maximum Gasteiger partial charge on any atom is 0.258 e. The number of carbonyl (C=O) groups excluding carboxylic acids is 1. The van der Waals surface area contributed by atoms with E-state index < -0.39 is 5.82 Å². The average Bonchev–Trinajstić information content (AvgIpc) is 2.45. The summed E-state index contributed by atoms with van der Waals surface area (Å²) in [6.45, 7) is 0.809. The predicted octanol–water partition coefficient (Wildman–Crippen LogP) is 2.45. The molecule has 20 heavy (non-hydrogen) atoms. The summed E-state index contributed by atoms with van der Waals surface area (Å²) in [4.78, 5) is 14.0. The average molecular weight is 272 g/mol. The van der Waals surface area contributed by atoms with Crippen molar-refractivity contribution in [1.82, 2.24) is 0 Å². The molecule has 0 radical (unpaired) electrons. The first-order valence-corrected chi connectivity index (χ1v) is 6.25. The lowest BCUT2D eigenvalue weighted by atomic mass is 10.1. The van der Waals surface area contributed by atoms with Crippen LogP contribution in [0.5, 0.6) is 5.75 Å². The SMILES string of the molecule is Nc1ccc2c(c1)OCCN2C(=O)c1cccc(F)c1. The molecule has 4 nitrogen and oxygen atoms in total. The number of ether oxygens (including phenoxy) is 1. The highest BCUT2D eigenvalue weighted by Crippen LogP contribution is 2.34. The summed E-state index contributed by atoms with van der Waals surface area (Å²) >= 11 is 0. The lowest BCUT2D eigenvalue weighted by molar-refractivity contribution is 0.0976. The number of hydrogen-bond acceptors (Lipinski definition) is 3. The fourth-order valence-corrected chi connectivity index (χ4v) is 2.22. The fourth-order valence-electron chi connectivity index (χ4n) is 2.22. The highest BCUT2D eigenvalue weighted by atomic mass is 19.1. The Morgan fingerprint density at radius 2 is 2.10 bits per heavy atom. The molecule has 0 atom stereocenters. The Balaban J connectivity index is 1.98. The lowest BCUT2D eigenvalue weighted by Crippen LogP contribution is -2.38. The first-order valence-electron chi connectivity index (χ1n) is 6.25. The Bertz CT molecular complexity index is 673. The molecule has 0 saturated carbocycles. The Labute approximate surface area is 115 Å². The molecule has 2 aromatic rings. The van der Waals surface area contributed by atoms with E-state index in [2.05, 4.69) is 0 Å². The molecule has 1 aliphatic rings. The van der Waals surface area contributed by atoms with Crippen LogP contribution in [0.4, 0.5) is 15.8 Å². The van der Waals surface area contributed by atoms with Gasteiger partial charge in [0.25, 0.3) is 5.91 Å². The van der Waals surface area contributed by atoms with Gasteiger partial charge in [0.15, 0.2) is 0 Å². The molecule has 0 bridgehead atoms. The van der Waals surface area contributed by atoms with E-state index in [9.17, 15) is 9.18 Å². The standard InChI is InChI=1S/C15H13FN2O2/c16-11-3-1-2-10(8-11)15(19)18-6-7-20-14-9-12(17)4-5-13(14)18/h1-5,8-9H,6-7,17H2. The molecule has 0 aliphatic carbocycles. The topological polar surface area (TPSA) is 55.6 Å². The predicted molar refractivity (Wildman–Crippen MR) is 74.4 cm³/mol. The zero-order valence-corrected chi connectivity index (χ0v) is 10.7. The number of nitrogen functional groups attached to an aromatic ring is 1. The molecule has 1 aliphatic heterocycles. The number of anilines is 2. The summed E-state index contributed by atoms with van der Waals surface area (Å²) < 4.78 is 18.7. The van der Waals surface area contributed by atoms with Gasteiger partial charge in [0, 0.05) is 17.3 Å². The Morgan fingerprint density at radius 3 is 2.90 bits per heavy atom. The molecule has 0 saturated heterocycles. The van der Waals surface area contributed by atoms with Crippen LogP contribution in [-0.2, 0) is 0 Å². The molecule has 102 valence electrons. The maximum absolute atomic E-state index is 13.2. The Kier molecular flexibility index (Phi) is 3.02. The molecule has 2 aromatic carbocycles. The number of nitrogens with zero attached hydrogens (tertiary/aromatic N) is 1. The lowest BCUT2D eigenvalue weighted by Gasteiger charge is -2.29. The van der Waals surface area contributed by atoms with E-state index >= 15 is 0 Å². The summed E-state index contributed by atoms with van der Waals surface area (Å²) in [7, 11) is 0. The minimum absolute atomic E-state index is 0.251. The van der Waals surface area contributed by atoms with Crippen molar-refractivity contribution in [2.45, 2.75) is 0 Å². The first-order chi connectivity index (χ1) is 9.65. The van der Waals surface area contributed by atoms with E-state index in [1.807, 2.05) is 0 Å². The number of carbonyl (C=O) groups is 1. The maximum atomic E-state index is 13.2. The number of halogens is 1. The van der Waals surface area contributed by atoms with Crippen LogP contribution in [-0.4, -0.2) is 19.1 Å². The van der Waals surface area contributed by atoms with Crippen LogP contribution in [0.3, 0.4) is 0 Å². The molecule has 0 unspecified atom stereocenters. The quantitative estimate of drug-likeness (QED) is 0.811. The second-order valence-electron chi connectivity index (χ2n) is 4.54. The second-order valence-corrected chi connectivity index (χ2v) is 4.54. The first kappa shape index (κ1) is 12.5. The second kappa shape index (κ2) is 4.85.